The van der Waals surface area contributed by atoms with Crippen LogP contribution in [0.4, 0.5) is 11.4 Å². The van der Waals surface area contributed by atoms with Crippen LogP contribution in [0.15, 0.2) is 84.9 Å². The summed E-state index contributed by atoms with van der Waals surface area (Å²) in [6.45, 7) is 0. The summed E-state index contributed by atoms with van der Waals surface area (Å²) >= 11 is 0. The van der Waals surface area contributed by atoms with Crippen molar-refractivity contribution in [2.24, 2.45) is 0 Å². The number of rotatable bonds is 6. The second-order valence-corrected chi connectivity index (χ2v) is 7.79. The van der Waals surface area contributed by atoms with Gasteiger partial charge in [-0.1, -0.05) is 24.3 Å². The van der Waals surface area contributed by atoms with Gasteiger partial charge in [-0.25, -0.2) is 9.59 Å². The number of carbonyl (C=O) groups is 4. The van der Waals surface area contributed by atoms with Crippen LogP contribution < -0.4 is 10.6 Å². The van der Waals surface area contributed by atoms with Crippen molar-refractivity contribution < 1.29 is 28.7 Å². The van der Waals surface area contributed by atoms with Gasteiger partial charge in [0.2, 0.25) is 0 Å². The second kappa shape index (κ2) is 10.5. The number of carbonyl (C=O) groups excluding carboxylic acids is 4. The SMILES string of the molecule is COC(=O)c1ccc(C(=O)Nc2cc3ccccc3cc2NC(=O)c2ccc(C(=O)OC)cc2)cc1. The number of fused-ring (bicyclic) bond motifs is 1. The van der Waals surface area contributed by atoms with Gasteiger partial charge in [-0.05, 0) is 71.4 Å². The van der Waals surface area contributed by atoms with Crippen molar-refractivity contribution in [2.75, 3.05) is 24.9 Å². The third-order valence-electron chi connectivity index (χ3n) is 5.52. The highest BCUT2D eigenvalue weighted by atomic mass is 16.5. The third-order valence-corrected chi connectivity index (χ3v) is 5.52. The van der Waals surface area contributed by atoms with Crippen LogP contribution in [0.3, 0.4) is 0 Å². The van der Waals surface area contributed by atoms with Crippen LogP contribution in [-0.2, 0) is 9.47 Å². The molecule has 2 amide bonds. The highest BCUT2D eigenvalue weighted by Gasteiger charge is 2.15. The van der Waals surface area contributed by atoms with Gasteiger partial charge in [0.1, 0.15) is 0 Å². The zero-order chi connectivity index (χ0) is 25.7. The highest BCUT2D eigenvalue weighted by Crippen LogP contribution is 2.29. The number of ether oxygens (including phenoxy) is 2. The maximum absolute atomic E-state index is 13.0. The van der Waals surface area contributed by atoms with E-state index < -0.39 is 23.8 Å². The van der Waals surface area contributed by atoms with Crippen molar-refractivity contribution in [3.63, 3.8) is 0 Å². The summed E-state index contributed by atoms with van der Waals surface area (Å²) in [5.74, 6) is -1.83. The summed E-state index contributed by atoms with van der Waals surface area (Å²) in [5.41, 5.74) is 2.10. The lowest BCUT2D eigenvalue weighted by Gasteiger charge is -2.15. The van der Waals surface area contributed by atoms with Gasteiger partial charge in [-0.2, -0.15) is 0 Å². The quantitative estimate of drug-likeness (QED) is 0.378. The van der Waals surface area contributed by atoms with Crippen LogP contribution >= 0.6 is 0 Å². The first-order valence-corrected chi connectivity index (χ1v) is 10.9. The van der Waals surface area contributed by atoms with E-state index in [-0.39, 0.29) is 0 Å². The second-order valence-electron chi connectivity index (χ2n) is 7.79. The Morgan fingerprint density at radius 2 is 0.861 bits per heavy atom. The summed E-state index contributed by atoms with van der Waals surface area (Å²) in [5, 5.41) is 7.42. The molecule has 2 N–H and O–H groups in total. The van der Waals surface area contributed by atoms with Gasteiger partial charge >= 0.3 is 11.9 Å². The number of hydrogen-bond acceptors (Lipinski definition) is 6. The Morgan fingerprint density at radius 3 is 1.19 bits per heavy atom. The Labute approximate surface area is 206 Å². The monoisotopic (exact) mass is 482 g/mol. The predicted octanol–water partition coefficient (Wildman–Crippen LogP) is 4.92. The Bertz CT molecular complexity index is 1350. The molecule has 4 aromatic rings. The minimum Gasteiger partial charge on any atom is -0.465 e. The Balaban J connectivity index is 1.61. The normalized spacial score (nSPS) is 10.4. The van der Waals surface area contributed by atoms with E-state index in [0.29, 0.717) is 33.6 Å². The molecule has 0 spiro atoms. The molecule has 4 rings (SSSR count). The average Bonchev–Trinajstić information content (AvgIpc) is 2.92. The smallest absolute Gasteiger partial charge is 0.337 e. The van der Waals surface area contributed by atoms with Crippen LogP contribution in [0.2, 0.25) is 0 Å². The zero-order valence-electron chi connectivity index (χ0n) is 19.5. The Morgan fingerprint density at radius 1 is 0.528 bits per heavy atom. The van der Waals surface area contributed by atoms with E-state index in [9.17, 15) is 19.2 Å². The molecule has 0 radical (unpaired) electrons. The Hall–Kier alpha value is -4.98. The first-order valence-electron chi connectivity index (χ1n) is 10.9. The summed E-state index contributed by atoms with van der Waals surface area (Å²) < 4.78 is 9.37. The van der Waals surface area contributed by atoms with E-state index in [1.54, 1.807) is 12.1 Å². The molecule has 0 atom stereocenters. The fraction of sp³-hybridized carbons (Fsp3) is 0.0714. The van der Waals surface area contributed by atoms with Crippen molar-refractivity contribution in [3.8, 4) is 0 Å². The maximum Gasteiger partial charge on any atom is 0.337 e. The standard InChI is InChI=1S/C28H22N2O6/c1-35-27(33)19-11-7-17(8-12-19)25(31)29-23-15-21-5-3-4-6-22(21)16-24(23)30-26(32)18-9-13-20(14-10-18)28(34)36-2/h3-16H,1-2H3,(H,29,31)(H,30,32). The average molecular weight is 482 g/mol. The number of anilines is 2. The van der Waals surface area contributed by atoms with Gasteiger partial charge < -0.3 is 20.1 Å². The number of hydrogen-bond donors (Lipinski definition) is 2. The molecule has 4 aromatic carbocycles. The molecular weight excluding hydrogens is 460 g/mol. The van der Waals surface area contributed by atoms with Crippen molar-refractivity contribution >= 4 is 45.9 Å². The molecule has 0 bridgehead atoms. The van der Waals surface area contributed by atoms with E-state index >= 15 is 0 Å². The van der Waals surface area contributed by atoms with Gasteiger partial charge in [-0.15, -0.1) is 0 Å². The molecule has 0 saturated heterocycles. The zero-order valence-corrected chi connectivity index (χ0v) is 19.5. The van der Waals surface area contributed by atoms with Crippen molar-refractivity contribution in [1.82, 2.24) is 0 Å². The molecule has 0 aliphatic carbocycles. The minimum absolute atomic E-state index is 0.325. The van der Waals surface area contributed by atoms with Gasteiger partial charge in [0, 0.05) is 11.1 Å². The van der Waals surface area contributed by atoms with Crippen LogP contribution in [0, 0.1) is 0 Å². The fourth-order valence-electron chi connectivity index (χ4n) is 3.59. The topological polar surface area (TPSA) is 111 Å². The van der Waals surface area contributed by atoms with E-state index in [1.807, 2.05) is 24.3 Å². The molecule has 8 heteroatoms. The lowest BCUT2D eigenvalue weighted by Crippen LogP contribution is -2.17. The molecule has 36 heavy (non-hydrogen) atoms. The minimum atomic E-state index is -0.499. The number of amides is 2. The first kappa shape index (κ1) is 24.2. The molecule has 0 heterocycles. The van der Waals surface area contributed by atoms with E-state index in [2.05, 4.69) is 20.1 Å². The number of methoxy groups -OCH3 is 2. The largest absolute Gasteiger partial charge is 0.465 e. The molecule has 0 fully saturated rings. The van der Waals surface area contributed by atoms with Crippen LogP contribution in [0.1, 0.15) is 41.4 Å². The Kier molecular flexibility index (Phi) is 7.06. The predicted molar refractivity (Wildman–Crippen MR) is 135 cm³/mol. The molecule has 8 nitrogen and oxygen atoms in total. The van der Waals surface area contributed by atoms with Crippen LogP contribution in [-0.4, -0.2) is 38.0 Å². The van der Waals surface area contributed by atoms with E-state index in [0.717, 1.165) is 10.8 Å². The molecule has 0 aromatic heterocycles. The molecule has 180 valence electrons. The van der Waals surface area contributed by atoms with Gasteiger partial charge in [-0.3, -0.25) is 9.59 Å². The van der Waals surface area contributed by atoms with Crippen molar-refractivity contribution in [1.29, 1.82) is 0 Å². The molecule has 0 aliphatic rings. The van der Waals surface area contributed by atoms with E-state index in [4.69, 9.17) is 0 Å². The van der Waals surface area contributed by atoms with Crippen LogP contribution in [0.25, 0.3) is 10.8 Å². The number of benzene rings is 4. The lowest BCUT2D eigenvalue weighted by atomic mass is 10.1. The van der Waals surface area contributed by atoms with Crippen molar-refractivity contribution in [3.05, 3.63) is 107 Å². The maximum atomic E-state index is 13.0. The summed E-state index contributed by atoms with van der Waals surface area (Å²) in [7, 11) is 2.57. The molecule has 0 aliphatic heterocycles. The van der Waals surface area contributed by atoms with Gasteiger partial charge in [0.05, 0.1) is 36.7 Å². The summed E-state index contributed by atoms with van der Waals surface area (Å²) in [6.07, 6.45) is 0. The molecular formula is C28H22N2O6. The molecule has 0 unspecified atom stereocenters. The fourth-order valence-corrected chi connectivity index (χ4v) is 3.59. The highest BCUT2D eigenvalue weighted by molar-refractivity contribution is 6.12. The van der Waals surface area contributed by atoms with Crippen LogP contribution in [0.5, 0.6) is 0 Å². The lowest BCUT2D eigenvalue weighted by molar-refractivity contribution is 0.0592. The van der Waals surface area contributed by atoms with Gasteiger partial charge in [0.25, 0.3) is 11.8 Å². The summed E-state index contributed by atoms with van der Waals surface area (Å²) in [4.78, 5) is 49.2. The summed E-state index contributed by atoms with van der Waals surface area (Å²) in [6, 6.07) is 23.2. The van der Waals surface area contributed by atoms with E-state index in [1.165, 1.54) is 62.8 Å². The number of esters is 2. The van der Waals surface area contributed by atoms with Gasteiger partial charge in [0.15, 0.2) is 0 Å². The number of nitrogens with one attached hydrogen (secondary N) is 2. The van der Waals surface area contributed by atoms with Crippen molar-refractivity contribution in [2.45, 2.75) is 0 Å². The molecule has 0 saturated carbocycles. The third kappa shape index (κ3) is 5.23. The first-order chi connectivity index (χ1) is 17.4.